The monoisotopic (exact) mass is 297 g/mol. The lowest BCUT2D eigenvalue weighted by molar-refractivity contribution is 0.110. The molecule has 1 rings (SSSR count). The Kier molecular flexibility index (Phi) is 5.88. The van der Waals surface area contributed by atoms with Gasteiger partial charge in [0.05, 0.1) is 10.1 Å². The molecule has 1 aromatic rings. The second kappa shape index (κ2) is 6.70. The summed E-state index contributed by atoms with van der Waals surface area (Å²) in [4.78, 5) is 0.914. The van der Waals surface area contributed by atoms with E-state index in [-0.39, 0.29) is 18.4 Å². The number of rotatable bonds is 7. The van der Waals surface area contributed by atoms with E-state index in [9.17, 15) is 8.42 Å². The van der Waals surface area contributed by atoms with E-state index in [2.05, 4.69) is 4.72 Å². The van der Waals surface area contributed by atoms with E-state index in [0.29, 0.717) is 10.8 Å². The van der Waals surface area contributed by atoms with Crippen LogP contribution in [0.15, 0.2) is 12.1 Å². The fourth-order valence-electron chi connectivity index (χ4n) is 1.34. The van der Waals surface area contributed by atoms with Crippen LogP contribution in [0.5, 0.6) is 0 Å². The lowest BCUT2D eigenvalue weighted by Gasteiger charge is -2.14. The number of hydrogen-bond acceptors (Lipinski definition) is 4. The fraction of sp³-hybridized carbons (Fsp3) is 0.600. The Morgan fingerprint density at radius 2 is 2.24 bits per heavy atom. The summed E-state index contributed by atoms with van der Waals surface area (Å²) in [5.74, 6) is 0.134. The second-order valence-corrected chi connectivity index (χ2v) is 7.21. The third kappa shape index (κ3) is 4.93. The van der Waals surface area contributed by atoms with Gasteiger partial charge in [0, 0.05) is 18.5 Å². The summed E-state index contributed by atoms with van der Waals surface area (Å²) >= 11 is 7.22. The highest BCUT2D eigenvalue weighted by Gasteiger charge is 2.16. The Morgan fingerprint density at radius 3 is 2.71 bits per heavy atom. The first-order valence-corrected chi connectivity index (χ1v) is 8.08. The van der Waals surface area contributed by atoms with Crippen molar-refractivity contribution in [1.29, 1.82) is 0 Å². The van der Waals surface area contributed by atoms with Crippen LogP contribution in [0.3, 0.4) is 0 Å². The molecule has 17 heavy (non-hydrogen) atoms. The Balaban J connectivity index is 2.60. The molecule has 1 unspecified atom stereocenters. The van der Waals surface area contributed by atoms with E-state index in [0.717, 1.165) is 4.88 Å². The van der Waals surface area contributed by atoms with Crippen molar-refractivity contribution < 1.29 is 13.2 Å². The molecule has 0 spiro atoms. The third-order valence-electron chi connectivity index (χ3n) is 2.16. The van der Waals surface area contributed by atoms with Crippen molar-refractivity contribution in [2.75, 3.05) is 19.4 Å². The van der Waals surface area contributed by atoms with Crippen LogP contribution in [0.1, 0.15) is 24.3 Å². The number of thiophene rings is 1. The van der Waals surface area contributed by atoms with Crippen molar-refractivity contribution in [1.82, 2.24) is 4.72 Å². The number of halogens is 1. The van der Waals surface area contributed by atoms with Gasteiger partial charge in [0.2, 0.25) is 10.0 Å². The van der Waals surface area contributed by atoms with Crippen LogP contribution in [-0.2, 0) is 14.8 Å². The van der Waals surface area contributed by atoms with Crippen molar-refractivity contribution in [3.05, 3.63) is 21.3 Å². The van der Waals surface area contributed by atoms with Crippen molar-refractivity contribution in [2.45, 2.75) is 19.4 Å². The van der Waals surface area contributed by atoms with Gasteiger partial charge in [-0.25, -0.2) is 13.1 Å². The number of hydrogen-bond donors (Lipinski definition) is 1. The van der Waals surface area contributed by atoms with Crippen LogP contribution in [0.2, 0.25) is 4.34 Å². The minimum atomic E-state index is -3.20. The smallest absolute Gasteiger partial charge is 0.211 e. The molecule has 1 aromatic heterocycles. The highest BCUT2D eigenvalue weighted by atomic mass is 35.5. The Labute approximate surface area is 111 Å². The van der Waals surface area contributed by atoms with Crippen LogP contribution in [0, 0.1) is 0 Å². The van der Waals surface area contributed by atoms with Gasteiger partial charge in [-0.2, -0.15) is 0 Å². The Morgan fingerprint density at radius 1 is 1.53 bits per heavy atom. The average Bonchev–Trinajstić information content (AvgIpc) is 2.65. The highest BCUT2D eigenvalue weighted by Crippen LogP contribution is 2.28. The minimum absolute atomic E-state index is 0.134. The first-order valence-electron chi connectivity index (χ1n) is 5.24. The predicted molar refractivity (Wildman–Crippen MR) is 71.2 cm³/mol. The molecule has 0 aliphatic heterocycles. The van der Waals surface area contributed by atoms with Gasteiger partial charge < -0.3 is 4.74 Å². The molecular weight excluding hydrogens is 282 g/mol. The van der Waals surface area contributed by atoms with E-state index < -0.39 is 10.0 Å². The third-order valence-corrected chi connectivity index (χ3v) is 5.03. The zero-order chi connectivity index (χ0) is 12.9. The number of nitrogens with one attached hydrogen (secondary N) is 1. The molecule has 0 bridgehead atoms. The van der Waals surface area contributed by atoms with E-state index >= 15 is 0 Å². The van der Waals surface area contributed by atoms with Gasteiger partial charge in [-0.1, -0.05) is 18.5 Å². The quantitative estimate of drug-likeness (QED) is 0.841. The molecule has 0 aliphatic rings. The number of sulfonamides is 1. The summed E-state index contributed by atoms with van der Waals surface area (Å²) in [5.41, 5.74) is 0. The highest BCUT2D eigenvalue weighted by molar-refractivity contribution is 7.89. The first kappa shape index (κ1) is 14.9. The van der Waals surface area contributed by atoms with Crippen LogP contribution in [-0.4, -0.2) is 27.8 Å². The summed E-state index contributed by atoms with van der Waals surface area (Å²) in [5, 5.41) is 0. The maximum atomic E-state index is 11.5. The van der Waals surface area contributed by atoms with Crippen LogP contribution in [0.4, 0.5) is 0 Å². The summed E-state index contributed by atoms with van der Waals surface area (Å²) in [6, 6.07) is 3.61. The first-order chi connectivity index (χ1) is 7.98. The minimum Gasteiger partial charge on any atom is -0.375 e. The normalized spacial score (nSPS) is 13.8. The molecule has 0 saturated heterocycles. The molecule has 0 aromatic carbocycles. The average molecular weight is 298 g/mol. The van der Waals surface area contributed by atoms with Gasteiger partial charge in [-0.05, 0) is 18.6 Å². The van der Waals surface area contributed by atoms with Crippen molar-refractivity contribution in [3.8, 4) is 0 Å². The fourth-order valence-corrected chi connectivity index (χ4v) is 3.57. The molecule has 98 valence electrons. The molecular formula is C10H16ClNO3S2. The van der Waals surface area contributed by atoms with Crippen LogP contribution >= 0.6 is 22.9 Å². The van der Waals surface area contributed by atoms with Gasteiger partial charge in [0.25, 0.3) is 0 Å². The van der Waals surface area contributed by atoms with Crippen LogP contribution < -0.4 is 4.72 Å². The van der Waals surface area contributed by atoms with Gasteiger partial charge >= 0.3 is 0 Å². The zero-order valence-electron chi connectivity index (χ0n) is 9.77. The maximum absolute atomic E-state index is 11.5. The van der Waals surface area contributed by atoms with Gasteiger partial charge in [-0.3, -0.25) is 0 Å². The predicted octanol–water partition coefficient (Wildman–Crippen LogP) is 2.42. The topological polar surface area (TPSA) is 55.4 Å². The van der Waals surface area contributed by atoms with Crippen molar-refractivity contribution in [3.63, 3.8) is 0 Å². The summed E-state index contributed by atoms with van der Waals surface area (Å²) < 4.78 is 31.4. The van der Waals surface area contributed by atoms with Gasteiger partial charge in [0.15, 0.2) is 0 Å². The summed E-state index contributed by atoms with van der Waals surface area (Å²) in [6.45, 7) is 2.06. The van der Waals surface area contributed by atoms with E-state index in [4.69, 9.17) is 16.3 Å². The molecule has 0 saturated carbocycles. The standard InChI is InChI=1S/C10H16ClNO3S2/c1-3-6-17(13,14)12-7-8(15-2)9-4-5-10(11)16-9/h4-5,8,12H,3,6-7H2,1-2H3. The zero-order valence-corrected chi connectivity index (χ0v) is 12.2. The molecule has 0 fully saturated rings. The van der Waals surface area contributed by atoms with Gasteiger partial charge in [-0.15, -0.1) is 11.3 Å². The molecule has 1 heterocycles. The van der Waals surface area contributed by atoms with Crippen molar-refractivity contribution >= 4 is 33.0 Å². The SMILES string of the molecule is CCCS(=O)(=O)NCC(OC)c1ccc(Cl)s1. The molecule has 7 heteroatoms. The van der Waals surface area contributed by atoms with E-state index in [1.807, 2.05) is 13.0 Å². The van der Waals surface area contributed by atoms with Crippen LogP contribution in [0.25, 0.3) is 0 Å². The molecule has 0 amide bonds. The molecule has 0 aliphatic carbocycles. The van der Waals surface area contributed by atoms with Crippen molar-refractivity contribution in [2.24, 2.45) is 0 Å². The molecule has 4 nitrogen and oxygen atoms in total. The summed E-state index contributed by atoms with van der Waals surface area (Å²) in [6.07, 6.45) is 0.303. The van der Waals surface area contributed by atoms with E-state index in [1.165, 1.54) is 11.3 Å². The van der Waals surface area contributed by atoms with E-state index in [1.54, 1.807) is 13.2 Å². The summed E-state index contributed by atoms with van der Waals surface area (Å²) in [7, 11) is -1.65. The largest absolute Gasteiger partial charge is 0.375 e. The molecule has 0 radical (unpaired) electrons. The lowest BCUT2D eigenvalue weighted by atomic mass is 10.3. The maximum Gasteiger partial charge on any atom is 0.211 e. The number of ether oxygens (including phenoxy) is 1. The Bertz CT molecular complexity index is 444. The molecule has 1 atom stereocenters. The van der Waals surface area contributed by atoms with Gasteiger partial charge in [0.1, 0.15) is 6.10 Å². The molecule has 1 N–H and O–H groups in total. The lowest BCUT2D eigenvalue weighted by Crippen LogP contribution is -2.30. The second-order valence-electron chi connectivity index (χ2n) is 3.53. The number of methoxy groups -OCH3 is 1. The Hall–Kier alpha value is -0.140.